The molecule has 0 unspecified atom stereocenters. The maximum Gasteiger partial charge on any atom is 0.282 e. The van der Waals surface area contributed by atoms with E-state index in [9.17, 15) is 14.4 Å². The third-order valence-corrected chi connectivity index (χ3v) is 3.80. The number of nitrogens with one attached hydrogen (secondary N) is 1. The van der Waals surface area contributed by atoms with E-state index >= 15 is 0 Å². The van der Waals surface area contributed by atoms with Crippen LogP contribution in [0, 0.1) is 6.92 Å². The third-order valence-electron chi connectivity index (χ3n) is 3.80. The van der Waals surface area contributed by atoms with Crippen molar-refractivity contribution in [3.63, 3.8) is 0 Å². The quantitative estimate of drug-likeness (QED) is 0.751. The van der Waals surface area contributed by atoms with Gasteiger partial charge in [-0.15, -0.1) is 0 Å². The highest BCUT2D eigenvalue weighted by Crippen LogP contribution is 2.14. The van der Waals surface area contributed by atoms with E-state index in [0.717, 1.165) is 5.56 Å². The largest absolute Gasteiger partial charge is 0.294 e. The SMILES string of the molecule is CC(=O)c1c(C(=O)c2ccc(C)cc2)[nH]n(-c2ccccc2)c1=O. The Hall–Kier alpha value is -3.21. The number of Topliss-reactive ketones (excluding diaryl/α,β-unsaturated/α-hetero) is 1. The Bertz CT molecular complexity index is 964. The zero-order valence-electron chi connectivity index (χ0n) is 13.4. The smallest absolute Gasteiger partial charge is 0.282 e. The summed E-state index contributed by atoms with van der Waals surface area (Å²) in [6.45, 7) is 3.20. The molecule has 0 spiro atoms. The van der Waals surface area contributed by atoms with Crippen LogP contribution in [-0.2, 0) is 0 Å². The predicted octanol–water partition coefficient (Wildman–Crippen LogP) is 2.91. The van der Waals surface area contributed by atoms with Gasteiger partial charge in [0.15, 0.2) is 5.78 Å². The first kappa shape index (κ1) is 15.7. The van der Waals surface area contributed by atoms with Crippen LogP contribution >= 0.6 is 0 Å². The third kappa shape index (κ3) is 2.72. The van der Waals surface area contributed by atoms with E-state index in [1.54, 1.807) is 36.4 Å². The fourth-order valence-corrected chi connectivity index (χ4v) is 2.54. The molecule has 0 aliphatic rings. The zero-order chi connectivity index (χ0) is 17.3. The molecule has 5 nitrogen and oxygen atoms in total. The second kappa shape index (κ2) is 6.12. The van der Waals surface area contributed by atoms with Crippen molar-refractivity contribution in [2.75, 3.05) is 0 Å². The number of rotatable bonds is 4. The van der Waals surface area contributed by atoms with Crippen LogP contribution in [0.5, 0.6) is 0 Å². The number of aryl methyl sites for hydroxylation is 1. The molecule has 0 radical (unpaired) electrons. The van der Waals surface area contributed by atoms with Gasteiger partial charge >= 0.3 is 0 Å². The van der Waals surface area contributed by atoms with Crippen LogP contribution in [0.2, 0.25) is 0 Å². The van der Waals surface area contributed by atoms with Gasteiger partial charge in [-0.25, -0.2) is 4.68 Å². The second-order valence-corrected chi connectivity index (χ2v) is 5.59. The number of ketones is 2. The first-order valence-corrected chi connectivity index (χ1v) is 7.52. The number of hydrogen-bond acceptors (Lipinski definition) is 3. The molecule has 2 aromatic carbocycles. The van der Waals surface area contributed by atoms with Crippen molar-refractivity contribution < 1.29 is 9.59 Å². The molecular weight excluding hydrogens is 304 g/mol. The van der Waals surface area contributed by atoms with Crippen LogP contribution < -0.4 is 5.56 Å². The maximum absolute atomic E-state index is 12.7. The van der Waals surface area contributed by atoms with Crippen LogP contribution in [0.15, 0.2) is 59.4 Å². The van der Waals surface area contributed by atoms with Gasteiger partial charge < -0.3 is 0 Å². The molecule has 0 atom stereocenters. The highest BCUT2D eigenvalue weighted by atomic mass is 16.2. The monoisotopic (exact) mass is 320 g/mol. The lowest BCUT2D eigenvalue weighted by Crippen LogP contribution is -2.19. The summed E-state index contributed by atoms with van der Waals surface area (Å²) < 4.78 is 1.22. The molecule has 24 heavy (non-hydrogen) atoms. The lowest BCUT2D eigenvalue weighted by Gasteiger charge is -2.02. The van der Waals surface area contributed by atoms with E-state index in [4.69, 9.17) is 0 Å². The summed E-state index contributed by atoms with van der Waals surface area (Å²) in [5.74, 6) is -0.826. The summed E-state index contributed by atoms with van der Waals surface area (Å²) in [5.41, 5.74) is 1.38. The number of hydrogen-bond donors (Lipinski definition) is 1. The van der Waals surface area contributed by atoms with E-state index in [-0.39, 0.29) is 17.0 Å². The standard InChI is InChI=1S/C19H16N2O3/c1-12-8-10-14(11-9-12)18(23)17-16(13(2)22)19(24)21(20-17)15-6-4-3-5-7-15/h3-11,20H,1-2H3. The number of para-hydroxylation sites is 1. The summed E-state index contributed by atoms with van der Waals surface area (Å²) in [4.78, 5) is 37.3. The van der Waals surface area contributed by atoms with Gasteiger partial charge in [-0.3, -0.25) is 19.5 Å². The number of nitrogens with zero attached hydrogens (tertiary/aromatic N) is 1. The molecule has 0 saturated heterocycles. The maximum atomic E-state index is 12.7. The van der Waals surface area contributed by atoms with Crippen molar-refractivity contribution in [3.05, 3.63) is 87.3 Å². The van der Waals surface area contributed by atoms with Crippen LogP contribution in [-0.4, -0.2) is 21.3 Å². The van der Waals surface area contributed by atoms with Gasteiger partial charge in [0.1, 0.15) is 11.3 Å². The Morgan fingerprint density at radius 2 is 1.58 bits per heavy atom. The van der Waals surface area contributed by atoms with Gasteiger partial charge in [0.25, 0.3) is 5.56 Å². The molecule has 1 N–H and O–H groups in total. The fraction of sp³-hybridized carbons (Fsp3) is 0.105. The van der Waals surface area contributed by atoms with Crippen LogP contribution in [0.3, 0.4) is 0 Å². The average Bonchev–Trinajstić information content (AvgIpc) is 2.93. The predicted molar refractivity (Wildman–Crippen MR) is 91.0 cm³/mol. The molecule has 0 saturated carbocycles. The van der Waals surface area contributed by atoms with Crippen molar-refractivity contribution >= 4 is 11.6 Å². The van der Waals surface area contributed by atoms with E-state index in [1.807, 2.05) is 25.1 Å². The lowest BCUT2D eigenvalue weighted by molar-refractivity contribution is 0.0988. The molecule has 5 heteroatoms. The summed E-state index contributed by atoms with van der Waals surface area (Å²) in [5, 5.41) is 2.79. The molecule has 0 bridgehead atoms. The highest BCUT2D eigenvalue weighted by molar-refractivity contribution is 6.14. The molecular formula is C19H16N2O3. The van der Waals surface area contributed by atoms with Gasteiger partial charge in [-0.05, 0) is 26.0 Å². The Morgan fingerprint density at radius 1 is 0.958 bits per heavy atom. The van der Waals surface area contributed by atoms with E-state index in [0.29, 0.717) is 11.3 Å². The number of aromatic nitrogens is 2. The van der Waals surface area contributed by atoms with Crippen molar-refractivity contribution in [1.29, 1.82) is 0 Å². The Balaban J connectivity index is 2.17. The molecule has 3 rings (SSSR count). The summed E-state index contributed by atoms with van der Waals surface area (Å²) >= 11 is 0. The topological polar surface area (TPSA) is 71.9 Å². The Kier molecular flexibility index (Phi) is 4.00. The van der Waals surface area contributed by atoms with Gasteiger partial charge in [-0.2, -0.15) is 0 Å². The van der Waals surface area contributed by atoms with Gasteiger partial charge in [0.2, 0.25) is 5.78 Å². The van der Waals surface area contributed by atoms with Crippen molar-refractivity contribution in [2.45, 2.75) is 13.8 Å². The summed E-state index contributed by atoms with van der Waals surface area (Å²) in [7, 11) is 0. The molecule has 1 heterocycles. The molecule has 0 aliphatic heterocycles. The summed E-state index contributed by atoms with van der Waals surface area (Å²) in [6.07, 6.45) is 0. The molecule has 3 aromatic rings. The van der Waals surface area contributed by atoms with E-state index in [1.165, 1.54) is 11.6 Å². The van der Waals surface area contributed by atoms with Gasteiger partial charge in [0, 0.05) is 5.56 Å². The molecule has 1 aromatic heterocycles. The van der Waals surface area contributed by atoms with E-state index in [2.05, 4.69) is 5.10 Å². The first-order valence-electron chi connectivity index (χ1n) is 7.52. The minimum atomic E-state index is -0.524. The number of carbonyl (C=O) groups excluding carboxylic acids is 2. The zero-order valence-corrected chi connectivity index (χ0v) is 13.4. The Morgan fingerprint density at radius 3 is 2.17 bits per heavy atom. The van der Waals surface area contributed by atoms with Crippen LogP contribution in [0.4, 0.5) is 0 Å². The molecule has 120 valence electrons. The number of benzene rings is 2. The number of H-pyrrole nitrogens is 1. The number of aromatic amines is 1. The highest BCUT2D eigenvalue weighted by Gasteiger charge is 2.24. The fourth-order valence-electron chi connectivity index (χ4n) is 2.54. The minimum absolute atomic E-state index is 0.0141. The average molecular weight is 320 g/mol. The normalized spacial score (nSPS) is 10.6. The van der Waals surface area contributed by atoms with E-state index < -0.39 is 11.3 Å². The molecule has 0 aliphatic carbocycles. The van der Waals surface area contributed by atoms with Gasteiger partial charge in [0.05, 0.1) is 5.69 Å². The summed E-state index contributed by atoms with van der Waals surface area (Å²) in [6, 6.07) is 15.8. The number of carbonyl (C=O) groups is 2. The minimum Gasteiger partial charge on any atom is -0.294 e. The first-order chi connectivity index (χ1) is 11.5. The molecule has 0 amide bonds. The lowest BCUT2D eigenvalue weighted by atomic mass is 10.0. The second-order valence-electron chi connectivity index (χ2n) is 5.59. The van der Waals surface area contributed by atoms with Crippen LogP contribution in [0.1, 0.15) is 38.9 Å². The van der Waals surface area contributed by atoms with Crippen molar-refractivity contribution in [3.8, 4) is 5.69 Å². The van der Waals surface area contributed by atoms with Crippen LogP contribution in [0.25, 0.3) is 5.69 Å². The molecule has 0 fully saturated rings. The van der Waals surface area contributed by atoms with Crippen molar-refractivity contribution in [1.82, 2.24) is 9.78 Å². The van der Waals surface area contributed by atoms with Gasteiger partial charge in [-0.1, -0.05) is 48.0 Å². The Labute approximate surface area is 138 Å². The van der Waals surface area contributed by atoms with Crippen molar-refractivity contribution in [2.24, 2.45) is 0 Å².